The maximum atomic E-state index is 12.2. The van der Waals surface area contributed by atoms with Crippen LogP contribution in [0.2, 0.25) is 0 Å². The Labute approximate surface area is 174 Å². The molecule has 0 aliphatic carbocycles. The summed E-state index contributed by atoms with van der Waals surface area (Å²) in [7, 11) is 2.96. The van der Waals surface area contributed by atoms with Gasteiger partial charge in [-0.15, -0.1) is 0 Å². The molecule has 0 atom stereocenters. The molecular formula is C19H26N4O7. The number of hydrazone groups is 1. The number of carbonyl (C=O) groups excluding carboxylic acids is 3. The molecule has 0 spiro atoms. The van der Waals surface area contributed by atoms with E-state index in [-0.39, 0.29) is 19.1 Å². The van der Waals surface area contributed by atoms with E-state index in [1.807, 2.05) is 0 Å². The molecule has 11 nitrogen and oxygen atoms in total. The highest BCUT2D eigenvalue weighted by molar-refractivity contribution is 6.35. The van der Waals surface area contributed by atoms with E-state index in [4.69, 9.17) is 18.9 Å². The molecule has 2 N–H and O–H groups in total. The Morgan fingerprint density at radius 1 is 1.17 bits per heavy atom. The van der Waals surface area contributed by atoms with Crippen molar-refractivity contribution >= 4 is 23.9 Å². The Kier molecular flexibility index (Phi) is 9.55. The van der Waals surface area contributed by atoms with E-state index in [1.54, 1.807) is 23.1 Å². The van der Waals surface area contributed by atoms with Crippen LogP contribution in [0, 0.1) is 0 Å². The molecule has 1 heterocycles. The van der Waals surface area contributed by atoms with E-state index in [9.17, 15) is 14.4 Å². The van der Waals surface area contributed by atoms with E-state index < -0.39 is 11.8 Å². The minimum atomic E-state index is -0.893. The number of hydrogen-bond donors (Lipinski definition) is 2. The molecular weight excluding hydrogens is 396 g/mol. The van der Waals surface area contributed by atoms with Crippen molar-refractivity contribution in [1.82, 2.24) is 15.6 Å². The van der Waals surface area contributed by atoms with Crippen molar-refractivity contribution in [3.05, 3.63) is 23.8 Å². The van der Waals surface area contributed by atoms with E-state index in [1.165, 1.54) is 20.4 Å². The van der Waals surface area contributed by atoms with Crippen LogP contribution in [-0.4, -0.2) is 89.1 Å². The fourth-order valence-corrected chi connectivity index (χ4v) is 2.49. The molecule has 1 aromatic carbocycles. The fourth-order valence-electron chi connectivity index (χ4n) is 2.49. The van der Waals surface area contributed by atoms with Crippen LogP contribution in [0.3, 0.4) is 0 Å². The van der Waals surface area contributed by atoms with Gasteiger partial charge in [-0.25, -0.2) is 5.43 Å². The molecule has 30 heavy (non-hydrogen) atoms. The number of nitrogens with one attached hydrogen (secondary N) is 2. The second-order valence-corrected chi connectivity index (χ2v) is 6.14. The smallest absolute Gasteiger partial charge is 0.329 e. The summed E-state index contributed by atoms with van der Waals surface area (Å²) in [6, 6.07) is 4.93. The SMILES string of the molecule is COCCNC(=O)C(=O)N/N=C\c1ccc(OCC(=O)N2CCOCC2)c(OC)c1. The molecule has 0 radical (unpaired) electrons. The van der Waals surface area contributed by atoms with Crippen LogP contribution in [0.1, 0.15) is 5.56 Å². The normalized spacial score (nSPS) is 13.7. The number of ether oxygens (including phenoxy) is 4. The highest BCUT2D eigenvalue weighted by Crippen LogP contribution is 2.27. The molecule has 0 unspecified atom stereocenters. The first-order valence-corrected chi connectivity index (χ1v) is 9.31. The number of carbonyl (C=O) groups is 3. The molecule has 0 aromatic heterocycles. The topological polar surface area (TPSA) is 128 Å². The summed E-state index contributed by atoms with van der Waals surface area (Å²) < 4.78 is 20.9. The Balaban J connectivity index is 1.86. The van der Waals surface area contributed by atoms with Gasteiger partial charge < -0.3 is 29.2 Å². The van der Waals surface area contributed by atoms with Gasteiger partial charge in [-0.2, -0.15) is 5.10 Å². The lowest BCUT2D eigenvalue weighted by Gasteiger charge is -2.26. The third-order valence-electron chi connectivity index (χ3n) is 4.08. The van der Waals surface area contributed by atoms with Gasteiger partial charge in [-0.05, 0) is 23.8 Å². The van der Waals surface area contributed by atoms with Crippen molar-refractivity contribution in [2.75, 3.05) is 60.3 Å². The molecule has 164 valence electrons. The van der Waals surface area contributed by atoms with E-state index in [2.05, 4.69) is 15.8 Å². The summed E-state index contributed by atoms with van der Waals surface area (Å²) in [5.41, 5.74) is 2.73. The molecule has 11 heteroatoms. The Morgan fingerprint density at radius 2 is 1.93 bits per heavy atom. The van der Waals surface area contributed by atoms with Crippen LogP contribution in [0.5, 0.6) is 11.5 Å². The summed E-state index contributed by atoms with van der Waals surface area (Å²) in [6.07, 6.45) is 1.35. The van der Waals surface area contributed by atoms with Crippen molar-refractivity contribution in [2.45, 2.75) is 0 Å². The molecule has 1 aliphatic heterocycles. The van der Waals surface area contributed by atoms with Gasteiger partial charge >= 0.3 is 11.8 Å². The molecule has 1 aliphatic rings. The first kappa shape index (κ1) is 23.1. The van der Waals surface area contributed by atoms with Crippen LogP contribution in [0.25, 0.3) is 0 Å². The third kappa shape index (κ3) is 7.33. The third-order valence-corrected chi connectivity index (χ3v) is 4.08. The van der Waals surface area contributed by atoms with Crippen molar-refractivity contribution in [3.8, 4) is 11.5 Å². The predicted molar refractivity (Wildman–Crippen MR) is 107 cm³/mol. The van der Waals surface area contributed by atoms with Gasteiger partial charge in [0.15, 0.2) is 18.1 Å². The quantitative estimate of drug-likeness (QED) is 0.230. The minimum absolute atomic E-state index is 0.113. The summed E-state index contributed by atoms with van der Waals surface area (Å²) in [5, 5.41) is 6.13. The standard InChI is InChI=1S/C19H26N4O7/c1-27-8-5-20-18(25)19(26)22-21-12-14-3-4-15(16(11-14)28-2)30-13-17(24)23-6-9-29-10-7-23/h3-4,11-12H,5-10,13H2,1-2H3,(H,20,25)(H,22,26)/b21-12-. The van der Waals surface area contributed by atoms with E-state index in [0.29, 0.717) is 50.0 Å². The fraction of sp³-hybridized carbons (Fsp3) is 0.474. The number of amides is 3. The lowest BCUT2D eigenvalue weighted by Crippen LogP contribution is -2.43. The minimum Gasteiger partial charge on any atom is -0.493 e. The largest absolute Gasteiger partial charge is 0.493 e. The predicted octanol–water partition coefficient (Wildman–Crippen LogP) is -0.854. The highest BCUT2D eigenvalue weighted by Gasteiger charge is 2.18. The average Bonchev–Trinajstić information content (AvgIpc) is 2.78. The molecule has 2 rings (SSSR count). The zero-order valence-electron chi connectivity index (χ0n) is 17.0. The number of nitrogens with zero attached hydrogens (tertiary/aromatic N) is 2. The Bertz CT molecular complexity index is 763. The van der Waals surface area contributed by atoms with Gasteiger partial charge in [0.1, 0.15) is 0 Å². The molecule has 0 bridgehead atoms. The lowest BCUT2D eigenvalue weighted by atomic mass is 10.2. The van der Waals surface area contributed by atoms with Crippen LogP contribution in [0.15, 0.2) is 23.3 Å². The highest BCUT2D eigenvalue weighted by atomic mass is 16.5. The molecule has 1 aromatic rings. The van der Waals surface area contributed by atoms with Gasteiger partial charge in [0.25, 0.3) is 5.91 Å². The van der Waals surface area contributed by atoms with Crippen molar-refractivity contribution < 1.29 is 33.3 Å². The molecule has 0 saturated carbocycles. The Morgan fingerprint density at radius 3 is 2.63 bits per heavy atom. The van der Waals surface area contributed by atoms with E-state index >= 15 is 0 Å². The average molecular weight is 422 g/mol. The van der Waals surface area contributed by atoms with Gasteiger partial charge in [0.05, 0.1) is 33.1 Å². The summed E-state index contributed by atoms with van der Waals surface area (Å²) >= 11 is 0. The van der Waals surface area contributed by atoms with Crippen LogP contribution in [0.4, 0.5) is 0 Å². The second kappa shape index (κ2) is 12.4. The number of hydrogen-bond acceptors (Lipinski definition) is 8. The summed E-state index contributed by atoms with van der Waals surface area (Å²) in [4.78, 5) is 37.0. The monoisotopic (exact) mass is 422 g/mol. The lowest BCUT2D eigenvalue weighted by molar-refractivity contribution is -0.139. The first-order chi connectivity index (χ1) is 14.5. The molecule has 3 amide bonds. The van der Waals surface area contributed by atoms with Crippen molar-refractivity contribution in [3.63, 3.8) is 0 Å². The maximum Gasteiger partial charge on any atom is 0.329 e. The van der Waals surface area contributed by atoms with Crippen LogP contribution < -0.4 is 20.2 Å². The van der Waals surface area contributed by atoms with Gasteiger partial charge in [-0.3, -0.25) is 14.4 Å². The number of rotatable bonds is 9. The van der Waals surface area contributed by atoms with Gasteiger partial charge in [0.2, 0.25) is 0 Å². The number of morpholine rings is 1. The zero-order chi connectivity index (χ0) is 21.8. The summed E-state index contributed by atoms with van der Waals surface area (Å²) in [5.74, 6) is -1.03. The Hall–Kier alpha value is -3.18. The maximum absolute atomic E-state index is 12.2. The second-order valence-electron chi connectivity index (χ2n) is 6.14. The van der Waals surface area contributed by atoms with Crippen LogP contribution >= 0.6 is 0 Å². The first-order valence-electron chi connectivity index (χ1n) is 9.31. The number of methoxy groups -OCH3 is 2. The zero-order valence-corrected chi connectivity index (χ0v) is 17.0. The van der Waals surface area contributed by atoms with Gasteiger partial charge in [0, 0.05) is 26.7 Å². The van der Waals surface area contributed by atoms with Crippen LogP contribution in [-0.2, 0) is 23.9 Å². The number of benzene rings is 1. The molecule has 1 fully saturated rings. The molecule has 1 saturated heterocycles. The summed E-state index contributed by atoms with van der Waals surface area (Å²) in [6.45, 7) is 2.55. The van der Waals surface area contributed by atoms with Crippen molar-refractivity contribution in [1.29, 1.82) is 0 Å². The van der Waals surface area contributed by atoms with Gasteiger partial charge in [-0.1, -0.05) is 0 Å². The van der Waals surface area contributed by atoms with Crippen molar-refractivity contribution in [2.24, 2.45) is 5.10 Å². The van der Waals surface area contributed by atoms with E-state index in [0.717, 1.165) is 0 Å².